The molecule has 0 fully saturated rings. The molecule has 0 aliphatic carbocycles. The van der Waals surface area contributed by atoms with Gasteiger partial charge in [0.15, 0.2) is 5.82 Å². The van der Waals surface area contributed by atoms with E-state index in [1.807, 2.05) is 25.1 Å². The summed E-state index contributed by atoms with van der Waals surface area (Å²) >= 11 is 3.42. The Hall–Kier alpha value is -1.46. The number of rotatable bonds is 4. The zero-order valence-electron chi connectivity index (χ0n) is 10.0. The Labute approximate surface area is 114 Å². The van der Waals surface area contributed by atoms with Crippen LogP contribution in [0.3, 0.4) is 0 Å². The molecule has 0 saturated carbocycles. The third-order valence-corrected chi connectivity index (χ3v) is 2.93. The highest BCUT2D eigenvalue weighted by molar-refractivity contribution is 9.10. The second kappa shape index (κ2) is 5.93. The molecule has 5 heteroatoms. The van der Waals surface area contributed by atoms with E-state index in [1.54, 1.807) is 18.5 Å². The van der Waals surface area contributed by atoms with Crippen molar-refractivity contribution in [2.45, 2.75) is 19.6 Å². The van der Waals surface area contributed by atoms with Gasteiger partial charge in [0.05, 0.1) is 0 Å². The summed E-state index contributed by atoms with van der Waals surface area (Å²) in [7, 11) is 0. The molecule has 0 spiro atoms. The molecule has 0 amide bonds. The van der Waals surface area contributed by atoms with Crippen LogP contribution >= 0.6 is 15.9 Å². The number of aromatic nitrogens is 2. The molecule has 1 aromatic heterocycles. The molecule has 0 saturated heterocycles. The summed E-state index contributed by atoms with van der Waals surface area (Å²) in [5.74, 6) is 1.41. The second-order valence-electron chi connectivity index (χ2n) is 3.92. The Morgan fingerprint density at radius 2 is 2.06 bits per heavy atom. The van der Waals surface area contributed by atoms with Crippen molar-refractivity contribution in [1.82, 2.24) is 9.97 Å². The Kier molecular flexibility index (Phi) is 4.28. The van der Waals surface area contributed by atoms with Crippen LogP contribution in [0, 0.1) is 0 Å². The lowest BCUT2D eigenvalue weighted by molar-refractivity contribution is 0.291. The first-order valence-corrected chi connectivity index (χ1v) is 6.40. The van der Waals surface area contributed by atoms with Crippen LogP contribution in [0.25, 0.3) is 0 Å². The van der Waals surface area contributed by atoms with E-state index in [0.717, 1.165) is 15.8 Å². The Bertz CT molecular complexity index is 517. The van der Waals surface area contributed by atoms with E-state index in [1.165, 1.54) is 0 Å². The van der Waals surface area contributed by atoms with Gasteiger partial charge in [-0.2, -0.15) is 0 Å². The standard InChI is InChI=1S/C13H14BrN3O/c1-9(15)11-7-10(14)3-4-12(11)18-8-13-16-5-2-6-17-13/h2-7,9H,8,15H2,1H3/t9-/m0/s1. The van der Waals surface area contributed by atoms with E-state index in [-0.39, 0.29) is 6.04 Å². The zero-order valence-corrected chi connectivity index (χ0v) is 11.6. The zero-order chi connectivity index (χ0) is 13.0. The van der Waals surface area contributed by atoms with Crippen molar-refractivity contribution in [3.05, 3.63) is 52.5 Å². The number of hydrogen-bond donors (Lipinski definition) is 1. The van der Waals surface area contributed by atoms with Gasteiger partial charge in [0.25, 0.3) is 0 Å². The molecular formula is C13H14BrN3O. The summed E-state index contributed by atoms with van der Waals surface area (Å²) in [6, 6.07) is 7.47. The van der Waals surface area contributed by atoms with Gasteiger partial charge in [-0.25, -0.2) is 9.97 Å². The molecule has 2 aromatic rings. The maximum atomic E-state index is 5.92. The maximum absolute atomic E-state index is 5.92. The maximum Gasteiger partial charge on any atom is 0.166 e. The quantitative estimate of drug-likeness (QED) is 0.943. The summed E-state index contributed by atoms with van der Waals surface area (Å²) in [6.07, 6.45) is 3.39. The topological polar surface area (TPSA) is 61.0 Å². The molecule has 94 valence electrons. The van der Waals surface area contributed by atoms with Crippen molar-refractivity contribution in [1.29, 1.82) is 0 Å². The van der Waals surface area contributed by atoms with Crippen LogP contribution in [-0.2, 0) is 6.61 Å². The monoisotopic (exact) mass is 307 g/mol. The molecule has 0 aliphatic heterocycles. The predicted octanol–water partition coefficient (Wildman–Crippen LogP) is 2.84. The Balaban J connectivity index is 2.14. The normalized spacial score (nSPS) is 12.2. The molecule has 2 N–H and O–H groups in total. The molecule has 0 aliphatic rings. The van der Waals surface area contributed by atoms with Gasteiger partial charge in [-0.05, 0) is 31.2 Å². The highest BCUT2D eigenvalue weighted by Gasteiger charge is 2.09. The molecule has 1 atom stereocenters. The van der Waals surface area contributed by atoms with Gasteiger partial charge < -0.3 is 10.5 Å². The van der Waals surface area contributed by atoms with E-state index in [0.29, 0.717) is 12.4 Å². The molecular weight excluding hydrogens is 294 g/mol. The number of nitrogens with two attached hydrogens (primary N) is 1. The highest BCUT2D eigenvalue weighted by atomic mass is 79.9. The van der Waals surface area contributed by atoms with Gasteiger partial charge in [0.1, 0.15) is 12.4 Å². The van der Waals surface area contributed by atoms with Crippen LogP contribution in [0.5, 0.6) is 5.75 Å². The van der Waals surface area contributed by atoms with E-state index in [2.05, 4.69) is 25.9 Å². The summed E-state index contributed by atoms with van der Waals surface area (Å²) in [4.78, 5) is 8.22. The summed E-state index contributed by atoms with van der Waals surface area (Å²) in [5.41, 5.74) is 6.88. The highest BCUT2D eigenvalue weighted by Crippen LogP contribution is 2.27. The van der Waals surface area contributed by atoms with Crippen molar-refractivity contribution < 1.29 is 4.74 Å². The number of halogens is 1. The molecule has 2 rings (SSSR count). The Morgan fingerprint density at radius 3 is 2.72 bits per heavy atom. The van der Waals surface area contributed by atoms with Crippen LogP contribution in [0.2, 0.25) is 0 Å². The minimum Gasteiger partial charge on any atom is -0.485 e. The van der Waals surface area contributed by atoms with Crippen LogP contribution in [0.1, 0.15) is 24.4 Å². The lowest BCUT2D eigenvalue weighted by Crippen LogP contribution is -2.09. The van der Waals surface area contributed by atoms with Crippen molar-refractivity contribution in [3.8, 4) is 5.75 Å². The van der Waals surface area contributed by atoms with Gasteiger partial charge in [-0.1, -0.05) is 15.9 Å². The third-order valence-electron chi connectivity index (χ3n) is 2.44. The molecule has 0 bridgehead atoms. The van der Waals surface area contributed by atoms with Crippen LogP contribution in [-0.4, -0.2) is 9.97 Å². The van der Waals surface area contributed by atoms with Gasteiger partial charge in [-0.3, -0.25) is 0 Å². The predicted molar refractivity (Wildman–Crippen MR) is 73.1 cm³/mol. The number of ether oxygens (including phenoxy) is 1. The summed E-state index contributed by atoms with van der Waals surface area (Å²) in [6.45, 7) is 2.26. The fourth-order valence-corrected chi connectivity index (χ4v) is 1.93. The second-order valence-corrected chi connectivity index (χ2v) is 4.84. The Morgan fingerprint density at radius 1 is 1.33 bits per heavy atom. The summed E-state index contributed by atoms with van der Waals surface area (Å²) < 4.78 is 6.70. The number of nitrogens with zero attached hydrogens (tertiary/aromatic N) is 2. The van der Waals surface area contributed by atoms with Crippen molar-refractivity contribution in [2.24, 2.45) is 5.73 Å². The van der Waals surface area contributed by atoms with Gasteiger partial charge in [0.2, 0.25) is 0 Å². The first kappa shape index (κ1) is 13.0. The van der Waals surface area contributed by atoms with Crippen molar-refractivity contribution in [2.75, 3.05) is 0 Å². The van der Waals surface area contributed by atoms with Crippen molar-refractivity contribution >= 4 is 15.9 Å². The molecule has 1 heterocycles. The van der Waals surface area contributed by atoms with Crippen LogP contribution in [0.4, 0.5) is 0 Å². The summed E-state index contributed by atoms with van der Waals surface area (Å²) in [5, 5.41) is 0. The minimum absolute atomic E-state index is 0.0887. The average molecular weight is 308 g/mol. The van der Waals surface area contributed by atoms with E-state index < -0.39 is 0 Å². The molecule has 0 radical (unpaired) electrons. The van der Waals surface area contributed by atoms with Gasteiger partial charge in [0, 0.05) is 28.5 Å². The van der Waals surface area contributed by atoms with Gasteiger partial charge >= 0.3 is 0 Å². The van der Waals surface area contributed by atoms with Gasteiger partial charge in [-0.15, -0.1) is 0 Å². The number of hydrogen-bond acceptors (Lipinski definition) is 4. The molecule has 18 heavy (non-hydrogen) atoms. The SMILES string of the molecule is C[C@H](N)c1cc(Br)ccc1OCc1ncccn1. The minimum atomic E-state index is -0.0887. The van der Waals surface area contributed by atoms with Crippen LogP contribution in [0.15, 0.2) is 41.1 Å². The van der Waals surface area contributed by atoms with E-state index in [9.17, 15) is 0 Å². The number of benzene rings is 1. The lowest BCUT2D eigenvalue weighted by atomic mass is 10.1. The molecule has 0 unspecified atom stereocenters. The molecule has 1 aromatic carbocycles. The van der Waals surface area contributed by atoms with Crippen LogP contribution < -0.4 is 10.5 Å². The van der Waals surface area contributed by atoms with Crippen molar-refractivity contribution in [3.63, 3.8) is 0 Å². The van der Waals surface area contributed by atoms with E-state index >= 15 is 0 Å². The first-order valence-electron chi connectivity index (χ1n) is 5.60. The third kappa shape index (κ3) is 3.27. The average Bonchev–Trinajstić information content (AvgIpc) is 2.38. The lowest BCUT2D eigenvalue weighted by Gasteiger charge is -2.13. The fraction of sp³-hybridized carbons (Fsp3) is 0.231. The largest absolute Gasteiger partial charge is 0.485 e. The first-order chi connectivity index (χ1) is 8.66. The smallest absolute Gasteiger partial charge is 0.166 e. The fourth-order valence-electron chi connectivity index (χ4n) is 1.55. The molecule has 4 nitrogen and oxygen atoms in total. The van der Waals surface area contributed by atoms with E-state index in [4.69, 9.17) is 10.5 Å².